The van der Waals surface area contributed by atoms with Crippen molar-refractivity contribution in [2.24, 2.45) is 0 Å². The second kappa shape index (κ2) is 3.15. The van der Waals surface area contributed by atoms with Gasteiger partial charge in [-0.2, -0.15) is 0 Å². The molecule has 1 aliphatic rings. The van der Waals surface area contributed by atoms with Gasteiger partial charge < -0.3 is 4.57 Å². The van der Waals surface area contributed by atoms with E-state index in [1.807, 2.05) is 0 Å². The highest BCUT2D eigenvalue weighted by Crippen LogP contribution is 2.54. The Kier molecular flexibility index (Phi) is 2.59. The van der Waals surface area contributed by atoms with Crippen LogP contribution in [0.5, 0.6) is 0 Å². The maximum Gasteiger partial charge on any atom is 0.0954 e. The summed E-state index contributed by atoms with van der Waals surface area (Å²) < 4.78 is 12.0. The molecule has 0 atom stereocenters. The van der Waals surface area contributed by atoms with Gasteiger partial charge in [0.15, 0.2) is 0 Å². The molecule has 0 aromatic rings. The van der Waals surface area contributed by atoms with Crippen LogP contribution in [0.4, 0.5) is 0 Å². The second-order valence-electron chi connectivity index (χ2n) is 3.66. The van der Waals surface area contributed by atoms with E-state index in [9.17, 15) is 4.57 Å². The molecule has 0 fully saturated rings. The first-order chi connectivity index (χ1) is 5.07. The predicted octanol–water partition coefficient (Wildman–Crippen LogP) is 3.11. The molecule has 1 heterocycles. The van der Waals surface area contributed by atoms with E-state index in [0.29, 0.717) is 0 Å². The zero-order chi connectivity index (χ0) is 8.48. The molecule has 1 aliphatic heterocycles. The summed E-state index contributed by atoms with van der Waals surface area (Å²) in [5, 5.41) is 0. The van der Waals surface area contributed by atoms with Crippen LogP contribution >= 0.6 is 7.14 Å². The fourth-order valence-electron chi connectivity index (χ4n) is 1.76. The van der Waals surface area contributed by atoms with Crippen LogP contribution in [0.1, 0.15) is 27.2 Å². The number of hydrogen-bond acceptors (Lipinski definition) is 1. The maximum atomic E-state index is 12.0. The van der Waals surface area contributed by atoms with Gasteiger partial charge in [-0.1, -0.05) is 18.1 Å². The Labute approximate surface area is 69.3 Å². The average molecular weight is 172 g/mol. The summed E-state index contributed by atoms with van der Waals surface area (Å²) in [7, 11) is -1.76. The van der Waals surface area contributed by atoms with Gasteiger partial charge in [-0.25, -0.2) is 0 Å². The monoisotopic (exact) mass is 172 g/mol. The molecule has 2 heteroatoms. The smallest absolute Gasteiger partial charge is 0.0954 e. The Morgan fingerprint density at radius 3 is 2.09 bits per heavy atom. The van der Waals surface area contributed by atoms with E-state index in [4.69, 9.17) is 0 Å². The highest BCUT2D eigenvalue weighted by molar-refractivity contribution is 7.64. The van der Waals surface area contributed by atoms with Gasteiger partial charge in [0.05, 0.1) is 7.14 Å². The topological polar surface area (TPSA) is 17.1 Å². The minimum atomic E-state index is -1.76. The third-order valence-corrected chi connectivity index (χ3v) is 5.77. The van der Waals surface area contributed by atoms with Crippen molar-refractivity contribution in [3.05, 3.63) is 11.1 Å². The molecule has 0 aliphatic carbocycles. The van der Waals surface area contributed by atoms with Gasteiger partial charge in [-0.15, -0.1) is 0 Å². The van der Waals surface area contributed by atoms with Crippen molar-refractivity contribution in [2.75, 3.05) is 18.5 Å². The molecule has 0 bridgehead atoms. The zero-order valence-corrected chi connectivity index (χ0v) is 8.58. The zero-order valence-electron chi connectivity index (χ0n) is 7.68. The first-order valence-electron chi connectivity index (χ1n) is 4.30. The lowest BCUT2D eigenvalue weighted by Crippen LogP contribution is -1.91. The number of allylic oxidation sites excluding steroid dienone is 2. The molecule has 1 rings (SSSR count). The van der Waals surface area contributed by atoms with Gasteiger partial charge in [0, 0.05) is 18.5 Å². The Balaban J connectivity index is 2.65. The lowest BCUT2D eigenvalue weighted by Gasteiger charge is -2.08. The second-order valence-corrected chi connectivity index (χ2v) is 6.85. The summed E-state index contributed by atoms with van der Waals surface area (Å²) in [4.78, 5) is 0. The standard InChI is InChI=1S/C9H17OP/c1-4-5-11(10)6-8(2)9(3)7-11/h4-7H2,1-3H3. The molecule has 1 nitrogen and oxygen atoms in total. The first kappa shape index (κ1) is 9.06. The highest BCUT2D eigenvalue weighted by atomic mass is 31.2. The molecular weight excluding hydrogens is 155 g/mol. The van der Waals surface area contributed by atoms with Crippen molar-refractivity contribution in [1.29, 1.82) is 0 Å². The minimum absolute atomic E-state index is 0.896. The van der Waals surface area contributed by atoms with Crippen LogP contribution in [-0.2, 0) is 4.57 Å². The van der Waals surface area contributed by atoms with Crippen LogP contribution in [0.2, 0.25) is 0 Å². The van der Waals surface area contributed by atoms with E-state index in [1.54, 1.807) is 0 Å². The molecule has 0 N–H and O–H groups in total. The Morgan fingerprint density at radius 1 is 1.27 bits per heavy atom. The summed E-state index contributed by atoms with van der Waals surface area (Å²) >= 11 is 0. The van der Waals surface area contributed by atoms with Gasteiger partial charge in [0.1, 0.15) is 0 Å². The van der Waals surface area contributed by atoms with Crippen molar-refractivity contribution in [3.63, 3.8) is 0 Å². The van der Waals surface area contributed by atoms with Crippen molar-refractivity contribution >= 4 is 7.14 Å². The number of rotatable bonds is 2. The van der Waals surface area contributed by atoms with E-state index in [1.165, 1.54) is 11.1 Å². The SMILES string of the molecule is CCCP1(=O)CC(C)=C(C)C1. The van der Waals surface area contributed by atoms with E-state index >= 15 is 0 Å². The summed E-state index contributed by atoms with van der Waals surface area (Å²) in [5.74, 6) is 0. The molecule has 64 valence electrons. The number of hydrogen-bond donors (Lipinski definition) is 0. The van der Waals surface area contributed by atoms with Crippen molar-refractivity contribution in [1.82, 2.24) is 0 Å². The average Bonchev–Trinajstić information content (AvgIpc) is 2.08. The Bertz CT molecular complexity index is 210. The third-order valence-electron chi connectivity index (χ3n) is 2.41. The maximum absolute atomic E-state index is 12.0. The molecule has 0 aromatic heterocycles. The lowest BCUT2D eigenvalue weighted by molar-refractivity contribution is 0.578. The van der Waals surface area contributed by atoms with E-state index in [-0.39, 0.29) is 0 Å². The van der Waals surface area contributed by atoms with Crippen molar-refractivity contribution in [2.45, 2.75) is 27.2 Å². The minimum Gasteiger partial charge on any atom is -0.323 e. The summed E-state index contributed by atoms with van der Waals surface area (Å²) in [5.41, 5.74) is 2.75. The van der Waals surface area contributed by atoms with Gasteiger partial charge >= 0.3 is 0 Å². The largest absolute Gasteiger partial charge is 0.323 e. The molecule has 0 unspecified atom stereocenters. The quantitative estimate of drug-likeness (QED) is 0.462. The molecule has 0 radical (unpaired) electrons. The van der Waals surface area contributed by atoms with Crippen LogP contribution in [0.25, 0.3) is 0 Å². The molecule has 0 saturated carbocycles. The normalized spacial score (nSPS) is 22.8. The molecule has 0 saturated heterocycles. The van der Waals surface area contributed by atoms with E-state index in [2.05, 4.69) is 20.8 Å². The fourth-order valence-corrected chi connectivity index (χ4v) is 5.27. The molecular formula is C9H17OP. The Morgan fingerprint density at radius 2 is 1.73 bits per heavy atom. The van der Waals surface area contributed by atoms with Gasteiger partial charge in [-0.05, 0) is 20.3 Å². The summed E-state index contributed by atoms with van der Waals surface area (Å²) in [6.45, 7) is 6.35. The van der Waals surface area contributed by atoms with Crippen LogP contribution < -0.4 is 0 Å². The molecule has 0 spiro atoms. The first-order valence-corrected chi connectivity index (χ1v) is 6.56. The van der Waals surface area contributed by atoms with Crippen LogP contribution in [0, 0.1) is 0 Å². The van der Waals surface area contributed by atoms with Gasteiger partial charge in [-0.3, -0.25) is 0 Å². The third kappa shape index (κ3) is 1.96. The van der Waals surface area contributed by atoms with Gasteiger partial charge in [0.2, 0.25) is 0 Å². The van der Waals surface area contributed by atoms with Crippen molar-refractivity contribution in [3.8, 4) is 0 Å². The Hall–Kier alpha value is -0.0300. The fraction of sp³-hybridized carbons (Fsp3) is 0.778. The summed E-state index contributed by atoms with van der Waals surface area (Å²) in [6, 6.07) is 0. The van der Waals surface area contributed by atoms with Crippen LogP contribution in [0.15, 0.2) is 11.1 Å². The highest BCUT2D eigenvalue weighted by Gasteiger charge is 2.28. The van der Waals surface area contributed by atoms with E-state index < -0.39 is 7.14 Å². The van der Waals surface area contributed by atoms with Gasteiger partial charge in [0.25, 0.3) is 0 Å². The molecule has 0 aromatic carbocycles. The van der Waals surface area contributed by atoms with Crippen molar-refractivity contribution < 1.29 is 4.57 Å². The lowest BCUT2D eigenvalue weighted by atomic mass is 10.2. The molecule has 0 amide bonds. The molecule has 11 heavy (non-hydrogen) atoms. The summed E-state index contributed by atoms with van der Waals surface area (Å²) in [6.07, 6.45) is 3.80. The van der Waals surface area contributed by atoms with E-state index in [0.717, 1.165) is 24.9 Å². The predicted molar refractivity (Wildman–Crippen MR) is 50.9 cm³/mol. The van der Waals surface area contributed by atoms with Crippen LogP contribution in [0.3, 0.4) is 0 Å². The van der Waals surface area contributed by atoms with Crippen LogP contribution in [-0.4, -0.2) is 18.5 Å².